The highest BCUT2D eigenvalue weighted by molar-refractivity contribution is 9.10. The summed E-state index contributed by atoms with van der Waals surface area (Å²) in [6.45, 7) is 0. The summed E-state index contributed by atoms with van der Waals surface area (Å²) in [5.74, 6) is 3.90. The predicted molar refractivity (Wildman–Crippen MR) is 78.2 cm³/mol. The van der Waals surface area contributed by atoms with Crippen LogP contribution in [0.4, 0.5) is 0 Å². The van der Waals surface area contributed by atoms with Gasteiger partial charge in [0, 0.05) is 27.4 Å². The lowest BCUT2D eigenvalue weighted by Gasteiger charge is -2.13. The normalized spacial score (nSPS) is 23.7. The maximum absolute atomic E-state index is 5.42. The van der Waals surface area contributed by atoms with Gasteiger partial charge in [0.15, 0.2) is 0 Å². The van der Waals surface area contributed by atoms with Gasteiger partial charge in [-0.25, -0.2) is 0 Å². The quantitative estimate of drug-likeness (QED) is 0.926. The standard InChI is InChI=1S/C11H12BrN3OS2/c1-13-8-5-17-4-7(8)11-14-10(15-16-11)9-2-6(12)3-18-9/h2-3,7-8,13H,4-5H2,1H3. The van der Waals surface area contributed by atoms with E-state index in [1.165, 1.54) is 0 Å². The molecule has 18 heavy (non-hydrogen) atoms. The van der Waals surface area contributed by atoms with Gasteiger partial charge >= 0.3 is 0 Å². The van der Waals surface area contributed by atoms with E-state index in [0.29, 0.717) is 17.8 Å². The smallest absolute Gasteiger partial charge is 0.232 e. The average molecular weight is 346 g/mol. The van der Waals surface area contributed by atoms with E-state index in [1.807, 2.05) is 30.3 Å². The van der Waals surface area contributed by atoms with Gasteiger partial charge < -0.3 is 9.84 Å². The molecule has 96 valence electrons. The van der Waals surface area contributed by atoms with Gasteiger partial charge in [-0.1, -0.05) is 5.16 Å². The first-order valence-corrected chi connectivity index (χ1v) is 8.43. The Morgan fingerprint density at radius 3 is 3.11 bits per heavy atom. The molecule has 2 aromatic rings. The molecule has 0 bridgehead atoms. The molecule has 0 saturated carbocycles. The van der Waals surface area contributed by atoms with Crippen LogP contribution in [0, 0.1) is 0 Å². The van der Waals surface area contributed by atoms with Crippen LogP contribution in [0.15, 0.2) is 20.4 Å². The third-order valence-corrected chi connectivity index (χ3v) is 5.87. The summed E-state index contributed by atoms with van der Waals surface area (Å²) in [5.41, 5.74) is 0. The van der Waals surface area contributed by atoms with E-state index in [9.17, 15) is 0 Å². The van der Waals surface area contributed by atoms with E-state index >= 15 is 0 Å². The molecule has 3 rings (SSSR count). The van der Waals surface area contributed by atoms with Crippen LogP contribution in [0.25, 0.3) is 10.7 Å². The highest BCUT2D eigenvalue weighted by Crippen LogP contribution is 2.34. The van der Waals surface area contributed by atoms with Crippen molar-refractivity contribution in [3.8, 4) is 10.7 Å². The summed E-state index contributed by atoms with van der Waals surface area (Å²) in [4.78, 5) is 5.56. The first-order valence-electron chi connectivity index (χ1n) is 5.61. The van der Waals surface area contributed by atoms with E-state index in [4.69, 9.17) is 4.52 Å². The number of halogens is 1. The zero-order valence-electron chi connectivity index (χ0n) is 9.72. The minimum Gasteiger partial charge on any atom is -0.339 e. The first kappa shape index (κ1) is 12.7. The number of thiophene rings is 1. The molecule has 0 aliphatic carbocycles. The van der Waals surface area contributed by atoms with E-state index in [2.05, 4.69) is 31.4 Å². The Morgan fingerprint density at radius 1 is 1.50 bits per heavy atom. The second kappa shape index (κ2) is 5.32. The maximum Gasteiger partial charge on any atom is 0.232 e. The van der Waals surface area contributed by atoms with Crippen LogP contribution in [-0.2, 0) is 0 Å². The fourth-order valence-electron chi connectivity index (χ4n) is 2.00. The van der Waals surface area contributed by atoms with Crippen molar-refractivity contribution in [2.24, 2.45) is 0 Å². The number of hydrogen-bond donors (Lipinski definition) is 1. The largest absolute Gasteiger partial charge is 0.339 e. The van der Waals surface area contributed by atoms with Gasteiger partial charge in [0.2, 0.25) is 11.7 Å². The van der Waals surface area contributed by atoms with Gasteiger partial charge in [-0.05, 0) is 29.0 Å². The second-order valence-corrected chi connectivity index (χ2v) is 7.03. The number of hydrogen-bond acceptors (Lipinski definition) is 6. The van der Waals surface area contributed by atoms with Crippen LogP contribution in [0.3, 0.4) is 0 Å². The van der Waals surface area contributed by atoms with E-state index in [0.717, 1.165) is 26.7 Å². The molecule has 4 nitrogen and oxygen atoms in total. The van der Waals surface area contributed by atoms with Gasteiger partial charge in [0.25, 0.3) is 0 Å². The van der Waals surface area contributed by atoms with Crippen molar-refractivity contribution < 1.29 is 4.52 Å². The number of aromatic nitrogens is 2. The Hall–Kier alpha value is -0.370. The Morgan fingerprint density at radius 2 is 2.39 bits per heavy atom. The van der Waals surface area contributed by atoms with Crippen LogP contribution < -0.4 is 5.32 Å². The molecular formula is C11H12BrN3OS2. The zero-order chi connectivity index (χ0) is 12.5. The van der Waals surface area contributed by atoms with Gasteiger partial charge in [-0.2, -0.15) is 16.7 Å². The Labute approximate surface area is 122 Å². The monoisotopic (exact) mass is 345 g/mol. The van der Waals surface area contributed by atoms with Crippen molar-refractivity contribution in [2.75, 3.05) is 18.6 Å². The number of thioether (sulfide) groups is 1. The molecule has 2 unspecified atom stereocenters. The Balaban J connectivity index is 1.85. The summed E-state index contributed by atoms with van der Waals surface area (Å²) >= 11 is 6.97. The van der Waals surface area contributed by atoms with Gasteiger partial charge in [-0.15, -0.1) is 11.3 Å². The van der Waals surface area contributed by atoms with Crippen LogP contribution in [-0.4, -0.2) is 34.7 Å². The van der Waals surface area contributed by atoms with E-state index in [-0.39, 0.29) is 0 Å². The molecule has 0 aromatic carbocycles. The van der Waals surface area contributed by atoms with Crippen LogP contribution in [0.5, 0.6) is 0 Å². The predicted octanol–water partition coefficient (Wildman–Crippen LogP) is 2.98. The molecular weight excluding hydrogens is 334 g/mol. The van der Waals surface area contributed by atoms with Gasteiger partial charge in [0.1, 0.15) is 0 Å². The molecule has 1 aliphatic heterocycles. The van der Waals surface area contributed by atoms with Crippen LogP contribution in [0.1, 0.15) is 11.8 Å². The lowest BCUT2D eigenvalue weighted by Crippen LogP contribution is -2.30. The number of nitrogens with zero attached hydrogens (tertiary/aromatic N) is 2. The highest BCUT2D eigenvalue weighted by Gasteiger charge is 2.32. The molecule has 3 heterocycles. The van der Waals surface area contributed by atoms with Crippen LogP contribution in [0.2, 0.25) is 0 Å². The summed E-state index contributed by atoms with van der Waals surface area (Å²) in [6, 6.07) is 2.44. The summed E-state index contributed by atoms with van der Waals surface area (Å²) in [6.07, 6.45) is 0. The molecule has 0 radical (unpaired) electrons. The molecule has 0 spiro atoms. The molecule has 1 N–H and O–H groups in total. The average Bonchev–Trinajstić information content (AvgIpc) is 3.07. The molecule has 2 aromatic heterocycles. The van der Waals surface area contributed by atoms with Crippen molar-refractivity contribution in [3.63, 3.8) is 0 Å². The lowest BCUT2D eigenvalue weighted by atomic mass is 10.0. The summed E-state index contributed by atoms with van der Waals surface area (Å²) in [5, 5.41) is 9.41. The maximum atomic E-state index is 5.42. The number of likely N-dealkylation sites (N-methyl/N-ethyl adjacent to an activating group) is 1. The topological polar surface area (TPSA) is 51.0 Å². The summed E-state index contributed by atoms with van der Waals surface area (Å²) in [7, 11) is 1.98. The van der Waals surface area contributed by atoms with E-state index < -0.39 is 0 Å². The van der Waals surface area contributed by atoms with Crippen molar-refractivity contribution in [1.82, 2.24) is 15.5 Å². The molecule has 1 aliphatic rings. The fourth-order valence-corrected chi connectivity index (χ4v) is 4.77. The Bertz CT molecular complexity index is 542. The molecule has 7 heteroatoms. The van der Waals surface area contributed by atoms with Crippen molar-refractivity contribution in [2.45, 2.75) is 12.0 Å². The summed E-state index contributed by atoms with van der Waals surface area (Å²) < 4.78 is 6.48. The Kier molecular flexibility index (Phi) is 3.74. The third-order valence-electron chi connectivity index (χ3n) is 3.00. The van der Waals surface area contributed by atoms with Crippen molar-refractivity contribution in [3.05, 3.63) is 21.8 Å². The van der Waals surface area contributed by atoms with Crippen molar-refractivity contribution in [1.29, 1.82) is 0 Å². The van der Waals surface area contributed by atoms with Crippen LogP contribution >= 0.6 is 39.0 Å². The van der Waals surface area contributed by atoms with Gasteiger partial charge in [0.05, 0.1) is 10.8 Å². The van der Waals surface area contributed by atoms with E-state index in [1.54, 1.807) is 11.3 Å². The third kappa shape index (κ3) is 2.36. The number of rotatable bonds is 3. The number of nitrogens with one attached hydrogen (secondary N) is 1. The molecule has 1 saturated heterocycles. The van der Waals surface area contributed by atoms with Gasteiger partial charge in [-0.3, -0.25) is 0 Å². The SMILES string of the molecule is CNC1CSCC1c1nc(-c2cc(Br)cs2)no1. The minimum atomic E-state index is 0.324. The second-order valence-electron chi connectivity index (χ2n) is 4.12. The fraction of sp³-hybridized carbons (Fsp3) is 0.455. The molecule has 0 amide bonds. The first-order chi connectivity index (χ1) is 8.78. The van der Waals surface area contributed by atoms with Crippen molar-refractivity contribution >= 4 is 39.0 Å². The highest BCUT2D eigenvalue weighted by atomic mass is 79.9. The zero-order valence-corrected chi connectivity index (χ0v) is 12.9. The lowest BCUT2D eigenvalue weighted by molar-refractivity contribution is 0.344. The minimum absolute atomic E-state index is 0.324. The molecule has 2 atom stereocenters. The molecule has 1 fully saturated rings.